The highest BCUT2D eigenvalue weighted by atomic mass is 16.3. The van der Waals surface area contributed by atoms with Crippen molar-refractivity contribution in [3.8, 4) is 0 Å². The number of aryl methyl sites for hydroxylation is 2. The van der Waals surface area contributed by atoms with Crippen LogP contribution in [0.3, 0.4) is 0 Å². The summed E-state index contributed by atoms with van der Waals surface area (Å²) in [5.41, 5.74) is 6.11. The van der Waals surface area contributed by atoms with Crippen molar-refractivity contribution < 1.29 is 9.21 Å². The van der Waals surface area contributed by atoms with E-state index in [1.165, 1.54) is 0 Å². The third-order valence-corrected chi connectivity index (χ3v) is 1.87. The Labute approximate surface area is 83.5 Å². The van der Waals surface area contributed by atoms with Gasteiger partial charge in [0.25, 0.3) is 5.91 Å². The number of amides is 1. The standard InChI is InChI=1S/C10H16N2O2/c1-6(11)5-12-10(13)9-4-7(2)14-8(9)3/h4,6H,5,11H2,1-3H3,(H,12,13). The fourth-order valence-corrected chi connectivity index (χ4v) is 1.21. The van der Waals surface area contributed by atoms with Crippen LogP contribution < -0.4 is 11.1 Å². The number of hydrogen-bond donors (Lipinski definition) is 2. The average Bonchev–Trinajstić information content (AvgIpc) is 2.41. The minimum atomic E-state index is -0.128. The van der Waals surface area contributed by atoms with Crippen molar-refractivity contribution in [1.82, 2.24) is 5.32 Å². The highest BCUT2D eigenvalue weighted by molar-refractivity contribution is 5.95. The number of hydrogen-bond acceptors (Lipinski definition) is 3. The van der Waals surface area contributed by atoms with E-state index >= 15 is 0 Å². The summed E-state index contributed by atoms with van der Waals surface area (Å²) in [6, 6.07) is 1.69. The van der Waals surface area contributed by atoms with Crippen molar-refractivity contribution in [2.75, 3.05) is 6.54 Å². The number of carbonyl (C=O) groups is 1. The van der Waals surface area contributed by atoms with Crippen LogP contribution in [0.5, 0.6) is 0 Å². The first kappa shape index (κ1) is 10.8. The summed E-state index contributed by atoms with van der Waals surface area (Å²) in [7, 11) is 0. The molecule has 0 bridgehead atoms. The van der Waals surface area contributed by atoms with Crippen LogP contribution in [-0.2, 0) is 0 Å². The molecule has 1 aromatic heterocycles. The second-order valence-corrected chi connectivity index (χ2v) is 3.51. The Hall–Kier alpha value is -1.29. The number of nitrogens with two attached hydrogens (primary N) is 1. The molecule has 4 nitrogen and oxygen atoms in total. The molecule has 0 saturated carbocycles. The van der Waals surface area contributed by atoms with Gasteiger partial charge in [0.2, 0.25) is 0 Å². The molecule has 78 valence electrons. The van der Waals surface area contributed by atoms with E-state index in [9.17, 15) is 4.79 Å². The number of carbonyl (C=O) groups excluding carboxylic acids is 1. The van der Waals surface area contributed by atoms with Crippen molar-refractivity contribution in [2.24, 2.45) is 5.73 Å². The predicted octanol–water partition coefficient (Wildman–Crippen LogP) is 0.973. The fraction of sp³-hybridized carbons (Fsp3) is 0.500. The van der Waals surface area contributed by atoms with Crippen LogP contribution in [0.4, 0.5) is 0 Å². The van der Waals surface area contributed by atoms with Crippen LogP contribution in [0.2, 0.25) is 0 Å². The van der Waals surface area contributed by atoms with E-state index in [4.69, 9.17) is 10.2 Å². The minimum Gasteiger partial charge on any atom is -0.466 e. The molecule has 1 unspecified atom stereocenters. The van der Waals surface area contributed by atoms with E-state index in [-0.39, 0.29) is 11.9 Å². The van der Waals surface area contributed by atoms with E-state index in [2.05, 4.69) is 5.32 Å². The molecule has 0 fully saturated rings. The SMILES string of the molecule is Cc1cc(C(=O)NCC(C)N)c(C)o1. The van der Waals surface area contributed by atoms with Gasteiger partial charge in [-0.25, -0.2) is 0 Å². The Morgan fingerprint density at radius 1 is 1.64 bits per heavy atom. The van der Waals surface area contributed by atoms with Crippen molar-refractivity contribution in [1.29, 1.82) is 0 Å². The summed E-state index contributed by atoms with van der Waals surface area (Å²) < 4.78 is 5.25. The molecule has 4 heteroatoms. The van der Waals surface area contributed by atoms with E-state index in [0.717, 1.165) is 5.76 Å². The third-order valence-electron chi connectivity index (χ3n) is 1.87. The zero-order chi connectivity index (χ0) is 10.7. The topological polar surface area (TPSA) is 68.3 Å². The van der Waals surface area contributed by atoms with E-state index in [1.807, 2.05) is 13.8 Å². The Kier molecular flexibility index (Phi) is 3.30. The predicted molar refractivity (Wildman–Crippen MR) is 54.2 cm³/mol. The number of rotatable bonds is 3. The smallest absolute Gasteiger partial charge is 0.254 e. The molecule has 0 saturated heterocycles. The summed E-state index contributed by atoms with van der Waals surface area (Å²) in [5.74, 6) is 1.26. The zero-order valence-corrected chi connectivity index (χ0v) is 8.76. The maximum atomic E-state index is 11.6. The second kappa shape index (κ2) is 4.28. The largest absolute Gasteiger partial charge is 0.466 e. The molecule has 0 aliphatic rings. The monoisotopic (exact) mass is 196 g/mol. The molecule has 1 atom stereocenters. The Morgan fingerprint density at radius 2 is 2.29 bits per heavy atom. The maximum absolute atomic E-state index is 11.6. The van der Waals surface area contributed by atoms with Crippen molar-refractivity contribution in [3.63, 3.8) is 0 Å². The molecule has 0 aromatic carbocycles. The molecule has 14 heavy (non-hydrogen) atoms. The molecule has 1 aromatic rings. The van der Waals surface area contributed by atoms with Crippen LogP contribution in [0.25, 0.3) is 0 Å². The first-order chi connectivity index (χ1) is 6.50. The van der Waals surface area contributed by atoms with Gasteiger partial charge in [-0.1, -0.05) is 0 Å². The molecular formula is C10H16N2O2. The first-order valence-corrected chi connectivity index (χ1v) is 4.61. The van der Waals surface area contributed by atoms with Gasteiger partial charge >= 0.3 is 0 Å². The van der Waals surface area contributed by atoms with Gasteiger partial charge in [-0.2, -0.15) is 0 Å². The zero-order valence-electron chi connectivity index (χ0n) is 8.76. The second-order valence-electron chi connectivity index (χ2n) is 3.51. The van der Waals surface area contributed by atoms with Gasteiger partial charge in [0, 0.05) is 12.6 Å². The molecule has 0 aliphatic heterocycles. The van der Waals surface area contributed by atoms with Crippen molar-refractivity contribution in [3.05, 3.63) is 23.2 Å². The van der Waals surface area contributed by atoms with Gasteiger partial charge in [0.05, 0.1) is 5.56 Å². The van der Waals surface area contributed by atoms with Gasteiger partial charge in [-0.05, 0) is 26.8 Å². The first-order valence-electron chi connectivity index (χ1n) is 4.61. The number of nitrogens with one attached hydrogen (secondary N) is 1. The van der Waals surface area contributed by atoms with Crippen LogP contribution >= 0.6 is 0 Å². The van der Waals surface area contributed by atoms with Gasteiger partial charge in [-0.15, -0.1) is 0 Å². The molecule has 3 N–H and O–H groups in total. The van der Waals surface area contributed by atoms with Crippen LogP contribution in [0, 0.1) is 13.8 Å². The fourth-order valence-electron chi connectivity index (χ4n) is 1.21. The lowest BCUT2D eigenvalue weighted by Gasteiger charge is -2.06. The van der Waals surface area contributed by atoms with Gasteiger partial charge in [-0.3, -0.25) is 4.79 Å². The maximum Gasteiger partial charge on any atom is 0.254 e. The normalized spacial score (nSPS) is 12.6. The Balaban J connectivity index is 2.65. The third kappa shape index (κ3) is 2.60. The Morgan fingerprint density at radius 3 is 2.71 bits per heavy atom. The molecule has 1 amide bonds. The van der Waals surface area contributed by atoms with Crippen molar-refractivity contribution in [2.45, 2.75) is 26.8 Å². The lowest BCUT2D eigenvalue weighted by atomic mass is 10.2. The summed E-state index contributed by atoms with van der Waals surface area (Å²) >= 11 is 0. The molecule has 0 aliphatic carbocycles. The van der Waals surface area contributed by atoms with Gasteiger partial charge in [0.1, 0.15) is 11.5 Å². The van der Waals surface area contributed by atoms with E-state index in [1.54, 1.807) is 13.0 Å². The van der Waals surface area contributed by atoms with Crippen LogP contribution in [-0.4, -0.2) is 18.5 Å². The molecule has 1 rings (SSSR count). The Bertz CT molecular complexity index is 329. The molecular weight excluding hydrogens is 180 g/mol. The highest BCUT2D eigenvalue weighted by Gasteiger charge is 2.12. The summed E-state index contributed by atoms with van der Waals surface area (Å²) in [5, 5.41) is 2.73. The van der Waals surface area contributed by atoms with Crippen LogP contribution in [0.1, 0.15) is 28.8 Å². The van der Waals surface area contributed by atoms with E-state index < -0.39 is 0 Å². The quantitative estimate of drug-likeness (QED) is 0.757. The van der Waals surface area contributed by atoms with Crippen molar-refractivity contribution >= 4 is 5.91 Å². The van der Waals surface area contributed by atoms with Gasteiger partial charge < -0.3 is 15.5 Å². The summed E-state index contributed by atoms with van der Waals surface area (Å²) in [4.78, 5) is 11.6. The lowest BCUT2D eigenvalue weighted by Crippen LogP contribution is -2.35. The lowest BCUT2D eigenvalue weighted by molar-refractivity contribution is 0.0950. The highest BCUT2D eigenvalue weighted by Crippen LogP contribution is 2.12. The molecule has 0 radical (unpaired) electrons. The summed E-state index contributed by atoms with van der Waals surface area (Å²) in [6.45, 7) is 5.90. The van der Waals surface area contributed by atoms with Gasteiger partial charge in [0.15, 0.2) is 0 Å². The minimum absolute atomic E-state index is 0.0349. The molecule has 1 heterocycles. The molecule has 0 spiro atoms. The summed E-state index contributed by atoms with van der Waals surface area (Å²) in [6.07, 6.45) is 0. The average molecular weight is 196 g/mol. The number of furan rings is 1. The van der Waals surface area contributed by atoms with E-state index in [0.29, 0.717) is 17.9 Å². The van der Waals surface area contributed by atoms with Crippen LogP contribution in [0.15, 0.2) is 10.5 Å².